The second kappa shape index (κ2) is 8.74. The van der Waals surface area contributed by atoms with Gasteiger partial charge in [-0.15, -0.1) is 11.3 Å². The van der Waals surface area contributed by atoms with Crippen molar-refractivity contribution in [2.45, 2.75) is 30.7 Å². The lowest BCUT2D eigenvalue weighted by Crippen LogP contribution is -2.14. The highest BCUT2D eigenvalue weighted by Crippen LogP contribution is 2.37. The summed E-state index contributed by atoms with van der Waals surface area (Å²) >= 11 is 2.72. The fourth-order valence-corrected chi connectivity index (χ4v) is 5.54. The number of aryl methyl sites for hydroxylation is 1. The number of thioether (sulfide) groups is 1. The number of hydrogen-bond acceptors (Lipinski definition) is 7. The summed E-state index contributed by atoms with van der Waals surface area (Å²) in [5, 5.41) is 23.9. The number of pyridine rings is 1. The Morgan fingerprint density at radius 2 is 2.10 bits per heavy atom. The van der Waals surface area contributed by atoms with Gasteiger partial charge in [-0.25, -0.2) is 4.98 Å². The number of anilines is 1. The maximum absolute atomic E-state index is 12.6. The molecule has 0 aliphatic heterocycles. The number of nitrogens with one attached hydrogen (secondary N) is 1. The second-order valence-electron chi connectivity index (χ2n) is 6.88. The van der Waals surface area contributed by atoms with Crippen LogP contribution in [0.15, 0.2) is 29.3 Å². The molecule has 0 spiro atoms. The molecule has 8 heteroatoms. The SMILES string of the molecule is COc1ccc2nc(SCC(=O)Nc3sc4c(c3C#N)CCCC4)c(C#N)cc2c1. The Bertz CT molecular complexity index is 1220. The number of aromatic nitrogens is 1. The number of rotatable bonds is 5. The maximum Gasteiger partial charge on any atom is 0.235 e. The van der Waals surface area contributed by atoms with E-state index in [2.05, 4.69) is 22.4 Å². The first kappa shape index (κ1) is 20.2. The molecule has 0 saturated heterocycles. The van der Waals surface area contributed by atoms with Gasteiger partial charge in [0.2, 0.25) is 5.91 Å². The molecule has 0 bridgehead atoms. The molecular formula is C22H18N4O2S2. The second-order valence-corrected chi connectivity index (χ2v) is 8.94. The van der Waals surface area contributed by atoms with Gasteiger partial charge in [-0.2, -0.15) is 10.5 Å². The zero-order chi connectivity index (χ0) is 21.1. The van der Waals surface area contributed by atoms with E-state index in [-0.39, 0.29) is 11.7 Å². The Balaban J connectivity index is 1.50. The molecule has 1 aromatic carbocycles. The van der Waals surface area contributed by atoms with Gasteiger partial charge in [0.1, 0.15) is 27.9 Å². The summed E-state index contributed by atoms with van der Waals surface area (Å²) in [7, 11) is 1.59. The van der Waals surface area contributed by atoms with Crippen LogP contribution in [0.4, 0.5) is 5.00 Å². The Hall–Kier alpha value is -3.07. The molecular weight excluding hydrogens is 416 g/mol. The molecule has 2 heterocycles. The Morgan fingerprint density at radius 1 is 1.27 bits per heavy atom. The van der Waals surface area contributed by atoms with Crippen molar-refractivity contribution in [1.82, 2.24) is 4.98 Å². The predicted octanol–water partition coefficient (Wildman–Crippen LogP) is 4.66. The van der Waals surface area contributed by atoms with Crippen LogP contribution in [-0.2, 0) is 17.6 Å². The van der Waals surface area contributed by atoms with Gasteiger partial charge in [-0.3, -0.25) is 4.79 Å². The highest BCUT2D eigenvalue weighted by atomic mass is 32.2. The van der Waals surface area contributed by atoms with Gasteiger partial charge in [0.15, 0.2) is 0 Å². The van der Waals surface area contributed by atoms with Gasteiger partial charge in [-0.1, -0.05) is 11.8 Å². The number of carbonyl (C=O) groups is 1. The van der Waals surface area contributed by atoms with Crippen LogP contribution in [0.2, 0.25) is 0 Å². The van der Waals surface area contributed by atoms with Crippen molar-refractivity contribution in [2.75, 3.05) is 18.2 Å². The predicted molar refractivity (Wildman–Crippen MR) is 118 cm³/mol. The van der Waals surface area contributed by atoms with Gasteiger partial charge in [0.05, 0.1) is 29.5 Å². The van der Waals surface area contributed by atoms with Crippen LogP contribution in [0.5, 0.6) is 5.75 Å². The number of ether oxygens (including phenoxy) is 1. The molecule has 6 nitrogen and oxygen atoms in total. The van der Waals surface area contributed by atoms with E-state index in [9.17, 15) is 15.3 Å². The van der Waals surface area contributed by atoms with Crippen LogP contribution in [0.25, 0.3) is 10.9 Å². The van der Waals surface area contributed by atoms with Crippen LogP contribution < -0.4 is 10.1 Å². The monoisotopic (exact) mass is 434 g/mol. The number of nitrogens with zero attached hydrogens (tertiary/aromatic N) is 3. The number of nitriles is 2. The zero-order valence-electron chi connectivity index (χ0n) is 16.3. The van der Waals surface area contributed by atoms with E-state index in [0.717, 1.165) is 42.1 Å². The Labute approximate surface area is 182 Å². The van der Waals surface area contributed by atoms with Crippen LogP contribution in [-0.4, -0.2) is 23.8 Å². The van der Waals surface area contributed by atoms with Crippen molar-refractivity contribution in [3.63, 3.8) is 0 Å². The summed E-state index contributed by atoms with van der Waals surface area (Å²) in [5.74, 6) is 0.590. The van der Waals surface area contributed by atoms with Crippen LogP contribution in [0.3, 0.4) is 0 Å². The highest BCUT2D eigenvalue weighted by molar-refractivity contribution is 8.00. The van der Waals surface area contributed by atoms with E-state index in [4.69, 9.17) is 4.74 Å². The van der Waals surface area contributed by atoms with Gasteiger partial charge in [0, 0.05) is 10.3 Å². The molecule has 150 valence electrons. The van der Waals surface area contributed by atoms with Crippen molar-refractivity contribution < 1.29 is 9.53 Å². The van der Waals surface area contributed by atoms with Gasteiger partial charge in [-0.05, 0) is 55.5 Å². The molecule has 0 unspecified atom stereocenters. The van der Waals surface area contributed by atoms with Gasteiger partial charge < -0.3 is 10.1 Å². The van der Waals surface area contributed by atoms with Crippen molar-refractivity contribution in [3.05, 3.63) is 45.8 Å². The third-order valence-corrected chi connectivity index (χ3v) is 7.18. The number of hydrogen-bond donors (Lipinski definition) is 1. The summed E-state index contributed by atoms with van der Waals surface area (Å²) in [4.78, 5) is 18.3. The Morgan fingerprint density at radius 3 is 2.87 bits per heavy atom. The summed E-state index contributed by atoms with van der Waals surface area (Å²) in [6.45, 7) is 0. The standard InChI is InChI=1S/C22H18N4O2S2/c1-28-15-6-7-18-13(9-15)8-14(10-23)21(25-18)29-12-20(27)26-22-17(11-24)16-4-2-3-5-19(16)30-22/h6-9H,2-5,12H2,1H3,(H,26,27). The molecule has 3 aromatic rings. The van der Waals surface area contributed by atoms with E-state index < -0.39 is 0 Å². The molecule has 2 aromatic heterocycles. The minimum Gasteiger partial charge on any atom is -0.497 e. The summed E-state index contributed by atoms with van der Waals surface area (Å²) in [5.41, 5.74) is 2.84. The zero-order valence-corrected chi connectivity index (χ0v) is 18.0. The molecule has 30 heavy (non-hydrogen) atoms. The summed E-state index contributed by atoms with van der Waals surface area (Å²) in [6, 6.07) is 11.6. The van der Waals surface area contributed by atoms with E-state index in [0.29, 0.717) is 26.9 Å². The first-order valence-corrected chi connectivity index (χ1v) is 11.3. The third kappa shape index (κ3) is 3.97. The molecule has 1 N–H and O–H groups in total. The number of thiophene rings is 1. The molecule has 0 fully saturated rings. The molecule has 4 rings (SSSR count). The van der Waals surface area contributed by atoms with Crippen molar-refractivity contribution in [1.29, 1.82) is 10.5 Å². The fraction of sp³-hybridized carbons (Fsp3) is 0.273. The smallest absolute Gasteiger partial charge is 0.235 e. The summed E-state index contributed by atoms with van der Waals surface area (Å²) < 4.78 is 5.22. The quantitative estimate of drug-likeness (QED) is 0.587. The topological polar surface area (TPSA) is 98.8 Å². The fourth-order valence-electron chi connectivity index (χ4n) is 3.52. The Kier molecular flexibility index (Phi) is 5.89. The van der Waals surface area contributed by atoms with Crippen molar-refractivity contribution >= 4 is 44.9 Å². The minimum atomic E-state index is -0.212. The van der Waals surface area contributed by atoms with Crippen molar-refractivity contribution in [3.8, 4) is 17.9 Å². The molecule has 1 aliphatic rings. The normalized spacial score (nSPS) is 12.6. The van der Waals surface area contributed by atoms with Crippen LogP contribution in [0.1, 0.15) is 34.4 Å². The highest BCUT2D eigenvalue weighted by Gasteiger charge is 2.22. The lowest BCUT2D eigenvalue weighted by atomic mass is 9.96. The molecule has 0 radical (unpaired) electrons. The lowest BCUT2D eigenvalue weighted by Gasteiger charge is -2.09. The van der Waals surface area contributed by atoms with Gasteiger partial charge in [0.25, 0.3) is 0 Å². The van der Waals surface area contributed by atoms with Gasteiger partial charge >= 0.3 is 0 Å². The van der Waals surface area contributed by atoms with E-state index in [1.54, 1.807) is 13.2 Å². The van der Waals surface area contributed by atoms with E-state index >= 15 is 0 Å². The average molecular weight is 435 g/mol. The summed E-state index contributed by atoms with van der Waals surface area (Å²) in [6.07, 6.45) is 4.07. The molecule has 1 amide bonds. The third-order valence-electron chi connectivity index (χ3n) is 4.98. The largest absolute Gasteiger partial charge is 0.497 e. The molecule has 0 saturated carbocycles. The number of carbonyl (C=O) groups excluding carboxylic acids is 1. The first-order chi connectivity index (χ1) is 14.6. The van der Waals surface area contributed by atoms with E-state index in [1.165, 1.54) is 28.0 Å². The number of fused-ring (bicyclic) bond motifs is 2. The lowest BCUT2D eigenvalue weighted by molar-refractivity contribution is -0.113. The number of amides is 1. The van der Waals surface area contributed by atoms with Crippen LogP contribution in [0, 0.1) is 22.7 Å². The maximum atomic E-state index is 12.6. The number of benzene rings is 1. The van der Waals surface area contributed by atoms with Crippen molar-refractivity contribution in [2.24, 2.45) is 0 Å². The number of methoxy groups -OCH3 is 1. The van der Waals surface area contributed by atoms with E-state index in [1.807, 2.05) is 18.2 Å². The molecule has 1 aliphatic carbocycles. The minimum absolute atomic E-state index is 0.108. The van der Waals surface area contributed by atoms with Crippen LogP contribution >= 0.6 is 23.1 Å². The molecule has 0 atom stereocenters. The first-order valence-electron chi connectivity index (χ1n) is 9.49. The average Bonchev–Trinajstić information content (AvgIpc) is 3.13.